The topological polar surface area (TPSA) is 117 Å². The van der Waals surface area contributed by atoms with Gasteiger partial charge < -0.3 is 25.0 Å². The van der Waals surface area contributed by atoms with Crippen molar-refractivity contribution < 1.29 is 28.7 Å². The highest BCUT2D eigenvalue weighted by atomic mass is 16.6. The number of carbonyl (C=O) groups is 4. The smallest absolute Gasteiger partial charge is 0.411 e. The third-order valence-corrected chi connectivity index (χ3v) is 8.17. The van der Waals surface area contributed by atoms with Gasteiger partial charge in [0, 0.05) is 25.9 Å². The van der Waals surface area contributed by atoms with Crippen molar-refractivity contribution in [2.45, 2.75) is 83.7 Å². The fourth-order valence-corrected chi connectivity index (χ4v) is 5.92. The Labute approximate surface area is 225 Å². The fourth-order valence-electron chi connectivity index (χ4n) is 5.92. The molecule has 3 rings (SSSR count). The lowest BCUT2D eigenvalue weighted by Crippen LogP contribution is -2.55. The molecule has 10 heteroatoms. The average molecular weight is 531 g/mol. The molecule has 1 aliphatic heterocycles. The molecule has 2 N–H and O–H groups in total. The van der Waals surface area contributed by atoms with E-state index in [0.29, 0.717) is 12.1 Å². The highest BCUT2D eigenvalue weighted by Gasteiger charge is 2.52. The summed E-state index contributed by atoms with van der Waals surface area (Å²) in [6, 6.07) is 6.19. The third-order valence-electron chi connectivity index (χ3n) is 8.17. The first-order valence-electron chi connectivity index (χ1n) is 13.6. The molecular weight excluding hydrogens is 488 g/mol. The highest BCUT2D eigenvalue weighted by Crippen LogP contribution is 2.43. The molecule has 2 fully saturated rings. The molecule has 38 heavy (non-hydrogen) atoms. The summed E-state index contributed by atoms with van der Waals surface area (Å²) in [5.41, 5.74) is 1.41. The highest BCUT2D eigenvalue weighted by molar-refractivity contribution is 5.90. The van der Waals surface area contributed by atoms with Gasteiger partial charge in [-0.15, -0.1) is 0 Å². The summed E-state index contributed by atoms with van der Waals surface area (Å²) in [6.45, 7) is 6.14. The van der Waals surface area contributed by atoms with Crippen molar-refractivity contribution in [3.63, 3.8) is 0 Å². The minimum Gasteiger partial charge on any atom is -0.445 e. The number of ether oxygens (including phenoxy) is 2. The maximum absolute atomic E-state index is 13.3. The number of benzene rings is 1. The molecule has 1 saturated carbocycles. The first-order chi connectivity index (χ1) is 18.2. The number of methoxy groups -OCH3 is 1. The lowest BCUT2D eigenvalue weighted by atomic mass is 9.91. The molecule has 6 unspecified atom stereocenters. The number of anilines is 1. The lowest BCUT2D eigenvalue weighted by molar-refractivity contribution is -0.138. The molecule has 1 aliphatic carbocycles. The summed E-state index contributed by atoms with van der Waals surface area (Å²) in [6.07, 6.45) is 4.11. The lowest BCUT2D eigenvalue weighted by Gasteiger charge is -2.38. The molecular formula is C28H42N4O6. The standard InChI is InChI=1S/C28H42N4O6/c1-6-18(3)25(23(7-2)37-5)31(4)24(34)15-29-27(35)26-20-10-13-22(14-20)32(26)28(36)38-16-19-8-11-21(12-9-19)30-17-33/h8-9,11-12,17-18,20,22-23,25-26H,6-7,10,13-16H2,1-5H3,(H,29,35)(H,30,33). The maximum Gasteiger partial charge on any atom is 0.411 e. The van der Waals surface area contributed by atoms with Crippen LogP contribution in [0.15, 0.2) is 24.3 Å². The molecule has 1 heterocycles. The van der Waals surface area contributed by atoms with E-state index in [2.05, 4.69) is 24.5 Å². The summed E-state index contributed by atoms with van der Waals surface area (Å²) >= 11 is 0. The minimum absolute atomic E-state index is 0.0393. The Morgan fingerprint density at radius 3 is 2.47 bits per heavy atom. The second-order valence-corrected chi connectivity index (χ2v) is 10.4. The van der Waals surface area contributed by atoms with Crippen molar-refractivity contribution in [2.75, 3.05) is 26.0 Å². The zero-order valence-corrected chi connectivity index (χ0v) is 23.1. The van der Waals surface area contributed by atoms with E-state index in [1.165, 1.54) is 0 Å². The Balaban J connectivity index is 1.60. The summed E-state index contributed by atoms with van der Waals surface area (Å²) < 4.78 is 11.2. The minimum atomic E-state index is -0.647. The van der Waals surface area contributed by atoms with Crippen LogP contribution in [-0.2, 0) is 30.5 Å². The molecule has 1 saturated heterocycles. The number of carbonyl (C=O) groups excluding carboxylic acids is 4. The van der Waals surface area contributed by atoms with Gasteiger partial charge in [-0.2, -0.15) is 0 Å². The molecule has 10 nitrogen and oxygen atoms in total. The van der Waals surface area contributed by atoms with Crippen LogP contribution < -0.4 is 10.6 Å². The number of nitrogens with zero attached hydrogens (tertiary/aromatic N) is 2. The van der Waals surface area contributed by atoms with Crippen molar-refractivity contribution in [2.24, 2.45) is 11.8 Å². The van der Waals surface area contributed by atoms with Gasteiger partial charge >= 0.3 is 6.09 Å². The van der Waals surface area contributed by atoms with Gasteiger partial charge in [-0.05, 0) is 55.2 Å². The number of likely N-dealkylation sites (N-methyl/N-ethyl adjacent to an activating group) is 1. The zero-order valence-electron chi connectivity index (χ0n) is 23.1. The van der Waals surface area contributed by atoms with E-state index in [1.54, 1.807) is 48.2 Å². The van der Waals surface area contributed by atoms with Crippen LogP contribution in [0.4, 0.5) is 10.5 Å². The average Bonchev–Trinajstić information content (AvgIpc) is 3.55. The predicted octanol–water partition coefficient (Wildman–Crippen LogP) is 3.16. The van der Waals surface area contributed by atoms with Gasteiger partial charge in [-0.1, -0.05) is 39.3 Å². The van der Waals surface area contributed by atoms with Crippen molar-refractivity contribution >= 4 is 30.0 Å². The molecule has 4 amide bonds. The summed E-state index contributed by atoms with van der Waals surface area (Å²) in [4.78, 5) is 53.2. The molecule has 2 aliphatic rings. The van der Waals surface area contributed by atoms with Gasteiger partial charge in [-0.3, -0.25) is 19.3 Å². The van der Waals surface area contributed by atoms with Crippen molar-refractivity contribution in [3.8, 4) is 0 Å². The van der Waals surface area contributed by atoms with Gasteiger partial charge in [0.05, 0.1) is 18.7 Å². The SMILES string of the molecule is CCC(C)C(C(CC)OC)N(C)C(=O)CNC(=O)C1C2CCC(C2)N1C(=O)OCc1ccc(NC=O)cc1. The van der Waals surface area contributed by atoms with Gasteiger partial charge in [0.15, 0.2) is 0 Å². The van der Waals surface area contributed by atoms with E-state index < -0.39 is 12.1 Å². The molecule has 2 bridgehead atoms. The second kappa shape index (κ2) is 13.6. The summed E-state index contributed by atoms with van der Waals surface area (Å²) in [5, 5.41) is 5.36. The largest absolute Gasteiger partial charge is 0.445 e. The Morgan fingerprint density at radius 1 is 1.16 bits per heavy atom. The van der Waals surface area contributed by atoms with Crippen LogP contribution in [0.3, 0.4) is 0 Å². The number of nitrogens with one attached hydrogen (secondary N) is 2. The number of hydrogen-bond acceptors (Lipinski definition) is 6. The first kappa shape index (κ1) is 29.4. The summed E-state index contributed by atoms with van der Waals surface area (Å²) in [5.74, 6) is -0.221. The fraction of sp³-hybridized carbons (Fsp3) is 0.643. The monoisotopic (exact) mass is 530 g/mol. The van der Waals surface area contributed by atoms with Crippen molar-refractivity contribution in [1.29, 1.82) is 0 Å². The predicted molar refractivity (Wildman–Crippen MR) is 143 cm³/mol. The van der Waals surface area contributed by atoms with E-state index in [-0.39, 0.29) is 55.0 Å². The maximum atomic E-state index is 13.3. The second-order valence-electron chi connectivity index (χ2n) is 10.4. The number of amides is 4. The van der Waals surface area contributed by atoms with Gasteiger partial charge in [-0.25, -0.2) is 4.79 Å². The van der Waals surface area contributed by atoms with E-state index >= 15 is 0 Å². The quantitative estimate of drug-likeness (QED) is 0.379. The van der Waals surface area contributed by atoms with Crippen LogP contribution in [0.1, 0.15) is 58.4 Å². The Hall–Kier alpha value is -3.14. The Morgan fingerprint density at radius 2 is 1.87 bits per heavy atom. The normalized spacial score (nSPS) is 22.3. The molecule has 1 aromatic carbocycles. The van der Waals surface area contributed by atoms with Crippen LogP contribution in [0.5, 0.6) is 0 Å². The Kier molecular flexibility index (Phi) is 10.5. The van der Waals surface area contributed by atoms with Crippen LogP contribution in [0.2, 0.25) is 0 Å². The first-order valence-corrected chi connectivity index (χ1v) is 13.6. The molecule has 0 aromatic heterocycles. The van der Waals surface area contributed by atoms with Gasteiger partial charge in [0.1, 0.15) is 12.6 Å². The van der Waals surface area contributed by atoms with Crippen molar-refractivity contribution in [3.05, 3.63) is 29.8 Å². The zero-order chi connectivity index (χ0) is 27.8. The molecule has 0 spiro atoms. The van der Waals surface area contributed by atoms with Gasteiger partial charge in [0.2, 0.25) is 18.2 Å². The van der Waals surface area contributed by atoms with E-state index in [1.807, 2.05) is 6.92 Å². The Bertz CT molecular complexity index is 967. The molecule has 0 radical (unpaired) electrons. The van der Waals surface area contributed by atoms with E-state index in [4.69, 9.17) is 9.47 Å². The van der Waals surface area contributed by atoms with E-state index in [9.17, 15) is 19.2 Å². The van der Waals surface area contributed by atoms with Gasteiger partial charge in [0.25, 0.3) is 0 Å². The number of piperidine rings is 1. The third kappa shape index (κ3) is 6.64. The van der Waals surface area contributed by atoms with Crippen LogP contribution >= 0.6 is 0 Å². The number of likely N-dealkylation sites (tertiary alicyclic amines) is 1. The molecule has 1 aromatic rings. The molecule has 210 valence electrons. The van der Waals surface area contributed by atoms with Crippen LogP contribution in [0.25, 0.3) is 0 Å². The van der Waals surface area contributed by atoms with E-state index in [0.717, 1.165) is 37.7 Å². The van der Waals surface area contributed by atoms with Crippen LogP contribution in [-0.4, -0.2) is 79.0 Å². The summed E-state index contributed by atoms with van der Waals surface area (Å²) in [7, 11) is 3.42. The number of rotatable bonds is 13. The molecule has 6 atom stereocenters. The van der Waals surface area contributed by atoms with Crippen LogP contribution in [0, 0.1) is 11.8 Å². The van der Waals surface area contributed by atoms with Crippen molar-refractivity contribution in [1.82, 2.24) is 15.1 Å². The number of fused-ring (bicyclic) bond motifs is 2. The number of hydrogen-bond donors (Lipinski definition) is 2.